The maximum atomic E-state index is 12.2. The largest absolute Gasteiger partial charge is 0.461 e. The lowest BCUT2D eigenvalue weighted by Crippen LogP contribution is -3.04. The zero-order valence-electron chi connectivity index (χ0n) is 16.0. The van der Waals surface area contributed by atoms with E-state index in [1.165, 1.54) is 16.0 Å². The Morgan fingerprint density at radius 3 is 2.37 bits per heavy atom. The first-order valence-electron chi connectivity index (χ1n) is 9.38. The van der Waals surface area contributed by atoms with Gasteiger partial charge < -0.3 is 14.6 Å². The predicted molar refractivity (Wildman–Crippen MR) is 107 cm³/mol. The Hall–Kier alpha value is -2.85. The molecular weight excluding hydrogens is 336 g/mol. The molecule has 2 N–H and O–H groups in total. The van der Waals surface area contributed by atoms with Gasteiger partial charge in [0.05, 0.1) is 14.1 Å². The molecule has 2 aromatic carbocycles. The summed E-state index contributed by atoms with van der Waals surface area (Å²) in [4.78, 5) is 13.6. The number of hydrogen-bond donors (Lipinski definition) is 2. The van der Waals surface area contributed by atoms with Gasteiger partial charge in [0.15, 0.2) is 0 Å². The van der Waals surface area contributed by atoms with Crippen LogP contribution in [0.4, 0.5) is 0 Å². The Morgan fingerprint density at radius 2 is 1.63 bits per heavy atom. The molecule has 0 bridgehead atoms. The third-order valence-corrected chi connectivity index (χ3v) is 4.46. The van der Waals surface area contributed by atoms with Gasteiger partial charge in [-0.1, -0.05) is 54.6 Å². The van der Waals surface area contributed by atoms with Crippen molar-refractivity contribution in [1.82, 2.24) is 5.32 Å². The van der Waals surface area contributed by atoms with Crippen molar-refractivity contribution in [2.24, 2.45) is 0 Å². The maximum absolute atomic E-state index is 12.2. The van der Waals surface area contributed by atoms with Gasteiger partial charge in [0.25, 0.3) is 0 Å². The fourth-order valence-electron chi connectivity index (χ4n) is 3.07. The fourth-order valence-corrected chi connectivity index (χ4v) is 3.07. The molecule has 0 saturated carbocycles. The molecule has 3 rings (SSSR count). The van der Waals surface area contributed by atoms with Gasteiger partial charge in [0, 0.05) is 30.5 Å². The Labute approximate surface area is 160 Å². The average Bonchev–Trinajstić information content (AvgIpc) is 3.15. The molecule has 0 spiro atoms. The number of carbonyl (C=O) groups is 1. The summed E-state index contributed by atoms with van der Waals surface area (Å²) in [5, 5.41) is 3.03. The number of hydrogen-bond acceptors (Lipinski definition) is 2. The zero-order chi connectivity index (χ0) is 19.1. The third kappa shape index (κ3) is 5.56. The number of furan rings is 1. The number of amides is 1. The Bertz CT molecular complexity index is 869. The second kappa shape index (κ2) is 9.19. The number of carbonyl (C=O) groups excluding carboxylic acids is 1. The van der Waals surface area contributed by atoms with Crippen molar-refractivity contribution in [2.45, 2.75) is 25.9 Å². The van der Waals surface area contributed by atoms with Gasteiger partial charge in [0.1, 0.15) is 18.1 Å². The van der Waals surface area contributed by atoms with Crippen molar-refractivity contribution in [1.29, 1.82) is 0 Å². The second-order valence-corrected chi connectivity index (χ2v) is 7.06. The number of aryl methyl sites for hydroxylation is 1. The van der Waals surface area contributed by atoms with Crippen LogP contribution in [-0.2, 0) is 24.3 Å². The summed E-state index contributed by atoms with van der Waals surface area (Å²) in [6.45, 7) is 1.51. The first-order chi connectivity index (χ1) is 13.1. The van der Waals surface area contributed by atoms with Crippen LogP contribution >= 0.6 is 0 Å². The lowest BCUT2D eigenvalue weighted by atomic mass is 10.1. The second-order valence-electron chi connectivity index (χ2n) is 7.06. The van der Waals surface area contributed by atoms with Crippen molar-refractivity contribution in [2.75, 3.05) is 14.1 Å². The number of rotatable bonds is 8. The van der Waals surface area contributed by atoms with E-state index in [2.05, 4.69) is 31.5 Å². The van der Waals surface area contributed by atoms with Crippen molar-refractivity contribution in [3.05, 3.63) is 83.6 Å². The monoisotopic (exact) mass is 363 g/mol. The normalized spacial score (nSPS) is 10.9. The smallest absolute Gasteiger partial charge is 0.220 e. The number of quaternary nitrogens is 1. The van der Waals surface area contributed by atoms with E-state index in [1.807, 2.05) is 54.6 Å². The van der Waals surface area contributed by atoms with Crippen LogP contribution in [0.2, 0.25) is 0 Å². The van der Waals surface area contributed by atoms with E-state index in [0.29, 0.717) is 19.4 Å². The first-order valence-corrected chi connectivity index (χ1v) is 9.38. The van der Waals surface area contributed by atoms with E-state index in [1.54, 1.807) is 0 Å². The van der Waals surface area contributed by atoms with Gasteiger partial charge in [-0.25, -0.2) is 0 Å². The van der Waals surface area contributed by atoms with Gasteiger partial charge in [-0.2, -0.15) is 0 Å². The highest BCUT2D eigenvalue weighted by Crippen LogP contribution is 2.22. The molecule has 4 nitrogen and oxygen atoms in total. The van der Waals surface area contributed by atoms with Crippen LogP contribution in [0.3, 0.4) is 0 Å². The van der Waals surface area contributed by atoms with Crippen LogP contribution in [0.25, 0.3) is 11.3 Å². The molecule has 27 heavy (non-hydrogen) atoms. The Kier molecular flexibility index (Phi) is 6.44. The molecular formula is C23H27N2O2+. The quantitative estimate of drug-likeness (QED) is 0.646. The van der Waals surface area contributed by atoms with Gasteiger partial charge in [-0.05, 0) is 17.7 Å². The van der Waals surface area contributed by atoms with Gasteiger partial charge >= 0.3 is 0 Å². The molecule has 0 aliphatic rings. The molecule has 0 atom stereocenters. The molecule has 0 aliphatic heterocycles. The van der Waals surface area contributed by atoms with E-state index in [-0.39, 0.29) is 5.91 Å². The summed E-state index contributed by atoms with van der Waals surface area (Å²) in [7, 11) is 4.25. The highest BCUT2D eigenvalue weighted by molar-refractivity contribution is 5.76. The maximum Gasteiger partial charge on any atom is 0.220 e. The Balaban J connectivity index is 1.50. The molecule has 1 heterocycles. The van der Waals surface area contributed by atoms with Crippen molar-refractivity contribution < 1.29 is 14.1 Å². The highest BCUT2D eigenvalue weighted by Gasteiger charge is 2.09. The zero-order valence-corrected chi connectivity index (χ0v) is 16.0. The van der Waals surface area contributed by atoms with Crippen LogP contribution in [0.15, 0.2) is 71.1 Å². The minimum absolute atomic E-state index is 0.0414. The van der Waals surface area contributed by atoms with Gasteiger partial charge in [-0.3, -0.25) is 4.79 Å². The summed E-state index contributed by atoms with van der Waals surface area (Å²) in [5.74, 6) is 1.71. The fraction of sp³-hybridized carbons (Fsp3) is 0.261. The van der Waals surface area contributed by atoms with Crippen molar-refractivity contribution >= 4 is 5.91 Å². The average molecular weight is 363 g/mol. The molecule has 0 radical (unpaired) electrons. The molecule has 1 aromatic heterocycles. The van der Waals surface area contributed by atoms with Gasteiger partial charge in [0.2, 0.25) is 5.91 Å². The summed E-state index contributed by atoms with van der Waals surface area (Å²) in [6.07, 6.45) is 1.02. The van der Waals surface area contributed by atoms with E-state index in [0.717, 1.165) is 23.6 Å². The topological polar surface area (TPSA) is 46.7 Å². The molecule has 3 aromatic rings. The summed E-state index contributed by atoms with van der Waals surface area (Å²) < 4.78 is 5.86. The van der Waals surface area contributed by atoms with Gasteiger partial charge in [-0.15, -0.1) is 0 Å². The molecule has 0 fully saturated rings. The molecule has 0 aliphatic carbocycles. The van der Waals surface area contributed by atoms with E-state index in [9.17, 15) is 4.79 Å². The summed E-state index contributed by atoms with van der Waals surface area (Å²) in [6, 6.07) is 22.2. The SMILES string of the molecule is C[NH+](C)Cc1ccccc1CNC(=O)CCc1ccc(-c2ccccc2)o1. The minimum atomic E-state index is 0.0414. The van der Waals surface area contributed by atoms with Crippen LogP contribution in [0, 0.1) is 0 Å². The minimum Gasteiger partial charge on any atom is -0.461 e. The first kappa shape index (κ1) is 18.9. The van der Waals surface area contributed by atoms with E-state index < -0.39 is 0 Å². The van der Waals surface area contributed by atoms with Crippen LogP contribution in [-0.4, -0.2) is 20.0 Å². The van der Waals surface area contributed by atoms with Crippen LogP contribution in [0.1, 0.15) is 23.3 Å². The number of benzene rings is 2. The lowest BCUT2D eigenvalue weighted by molar-refractivity contribution is -0.872. The van der Waals surface area contributed by atoms with Crippen LogP contribution < -0.4 is 10.2 Å². The molecule has 0 unspecified atom stereocenters. The molecule has 0 saturated heterocycles. The highest BCUT2D eigenvalue weighted by atomic mass is 16.3. The molecule has 1 amide bonds. The standard InChI is InChI=1S/C23H26N2O2/c1-25(2)17-20-11-7-6-10-19(20)16-24-23(26)15-13-21-12-14-22(27-21)18-8-4-3-5-9-18/h3-12,14H,13,15-17H2,1-2H3,(H,24,26)/p+1. The van der Waals surface area contributed by atoms with Crippen LogP contribution in [0.5, 0.6) is 0 Å². The summed E-state index contributed by atoms with van der Waals surface area (Å²) in [5.41, 5.74) is 3.50. The summed E-state index contributed by atoms with van der Waals surface area (Å²) >= 11 is 0. The predicted octanol–water partition coefficient (Wildman–Crippen LogP) is 2.84. The Morgan fingerprint density at radius 1 is 0.926 bits per heavy atom. The molecule has 4 heteroatoms. The number of nitrogens with one attached hydrogen (secondary N) is 2. The van der Waals surface area contributed by atoms with Crippen molar-refractivity contribution in [3.8, 4) is 11.3 Å². The third-order valence-electron chi connectivity index (χ3n) is 4.46. The van der Waals surface area contributed by atoms with Crippen molar-refractivity contribution in [3.63, 3.8) is 0 Å². The molecule has 140 valence electrons. The lowest BCUT2D eigenvalue weighted by Gasteiger charge is -2.12. The van der Waals surface area contributed by atoms with E-state index >= 15 is 0 Å². The van der Waals surface area contributed by atoms with E-state index in [4.69, 9.17) is 4.42 Å².